The molecule has 5 nitrogen and oxygen atoms in total. The highest BCUT2D eigenvalue weighted by atomic mass is 35.5. The van der Waals surface area contributed by atoms with Gasteiger partial charge in [-0.15, -0.1) is 0 Å². The fraction of sp³-hybridized carbons (Fsp3) is 0.143. The Balaban J connectivity index is 0.00000324. The molecule has 0 radical (unpaired) electrons. The lowest BCUT2D eigenvalue weighted by Gasteiger charge is -2.14. The van der Waals surface area contributed by atoms with E-state index in [1.54, 1.807) is 6.07 Å². The zero-order chi connectivity index (χ0) is 23.2. The third-order valence-corrected chi connectivity index (χ3v) is 5.69. The van der Waals surface area contributed by atoms with E-state index in [1.807, 2.05) is 78.9 Å². The van der Waals surface area contributed by atoms with Gasteiger partial charge in [0, 0.05) is 17.0 Å². The first-order valence-corrected chi connectivity index (χ1v) is 11.1. The van der Waals surface area contributed by atoms with Crippen LogP contribution in [0, 0.1) is 0 Å². The molecule has 0 aliphatic heterocycles. The number of carbonyl (C=O) groups excluding carboxylic acids is 1. The topological polar surface area (TPSA) is 90.9 Å². The van der Waals surface area contributed by atoms with Crippen molar-refractivity contribution in [1.29, 1.82) is 0 Å². The molecule has 0 aliphatic carbocycles. The number of aryl methyl sites for hydroxylation is 1. The van der Waals surface area contributed by atoms with Crippen LogP contribution in [0.1, 0.15) is 33.6 Å². The highest BCUT2D eigenvalue weighted by Crippen LogP contribution is 2.31. The number of rotatable bonds is 7. The van der Waals surface area contributed by atoms with Crippen LogP contribution in [0.5, 0.6) is 0 Å². The van der Waals surface area contributed by atoms with E-state index in [0.717, 1.165) is 38.9 Å². The summed E-state index contributed by atoms with van der Waals surface area (Å²) in [7, 11) is 1.38. The number of aromatic nitrogens is 1. The number of methoxy groups -OCH3 is 1. The number of aliphatic hydroxyl groups excluding tert-OH is 1. The summed E-state index contributed by atoms with van der Waals surface area (Å²) in [5.41, 5.74) is 5.93. The summed E-state index contributed by atoms with van der Waals surface area (Å²) in [6.45, 7) is 0.0919. The van der Waals surface area contributed by atoms with Crippen LogP contribution in [0.3, 0.4) is 0 Å². The maximum atomic E-state index is 12.5. The molecule has 0 atom stereocenters. The molecule has 0 spiro atoms. The number of pyridine rings is 1. The maximum Gasteiger partial charge on any atom is 0.338 e. The fourth-order valence-electron chi connectivity index (χ4n) is 3.88. The Morgan fingerprint density at radius 2 is 1.82 bits per heavy atom. The number of halogens is 1. The maximum absolute atomic E-state index is 12.5. The molecule has 174 valence electrons. The van der Waals surface area contributed by atoms with Gasteiger partial charge < -0.3 is 15.3 Å². The van der Waals surface area contributed by atoms with E-state index in [9.17, 15) is 9.90 Å². The van der Waals surface area contributed by atoms with Crippen LogP contribution < -0.4 is 0 Å². The highest BCUT2D eigenvalue weighted by molar-refractivity contribution is 6.31. The van der Waals surface area contributed by atoms with Gasteiger partial charge in [0.15, 0.2) is 0 Å². The number of esters is 1. The van der Waals surface area contributed by atoms with Crippen LogP contribution in [0.15, 0.2) is 72.8 Å². The molecule has 3 aromatic carbocycles. The number of ether oxygens (including phenoxy) is 1. The zero-order valence-electron chi connectivity index (χ0n) is 18.8. The van der Waals surface area contributed by atoms with Crippen molar-refractivity contribution in [3.8, 4) is 11.1 Å². The van der Waals surface area contributed by atoms with E-state index in [1.165, 1.54) is 7.11 Å². The third kappa shape index (κ3) is 5.69. The lowest BCUT2D eigenvalue weighted by Crippen LogP contribution is -2.06. The van der Waals surface area contributed by atoms with Crippen molar-refractivity contribution in [3.05, 3.63) is 100 Å². The van der Waals surface area contributed by atoms with Gasteiger partial charge in [0.2, 0.25) is 0 Å². The quantitative estimate of drug-likeness (QED) is 0.351. The van der Waals surface area contributed by atoms with Gasteiger partial charge in [-0.2, -0.15) is 0 Å². The Morgan fingerprint density at radius 1 is 1.03 bits per heavy atom. The summed E-state index contributed by atoms with van der Waals surface area (Å²) >= 11 is 6.10. The minimum atomic E-state index is -0.379. The summed E-state index contributed by atoms with van der Waals surface area (Å²) in [5.74, 6) is -0.379. The zero-order valence-corrected chi connectivity index (χ0v) is 19.5. The first-order valence-electron chi connectivity index (χ1n) is 10.7. The van der Waals surface area contributed by atoms with E-state index in [2.05, 4.69) is 4.98 Å². The summed E-state index contributed by atoms with van der Waals surface area (Å²) < 4.78 is 5.02. The molecule has 0 amide bonds. The molecule has 34 heavy (non-hydrogen) atoms. The normalized spacial score (nSPS) is 10.9. The number of carbonyl (C=O) groups is 1. The fourth-order valence-corrected chi connectivity index (χ4v) is 4.04. The highest BCUT2D eigenvalue weighted by Gasteiger charge is 2.17. The van der Waals surface area contributed by atoms with Crippen molar-refractivity contribution in [1.82, 2.24) is 4.98 Å². The molecule has 0 unspecified atom stereocenters. The average molecular weight is 476 g/mol. The summed E-state index contributed by atoms with van der Waals surface area (Å²) in [4.78, 5) is 17.1. The SMILES string of the molecule is COC(=O)c1cccc(CCCO)c1-c1cccc(C=Cc2ccc3ccc(Cl)cc3n2)c1.O. The second-order valence-electron chi connectivity index (χ2n) is 7.69. The van der Waals surface area contributed by atoms with E-state index in [-0.39, 0.29) is 18.1 Å². The van der Waals surface area contributed by atoms with Gasteiger partial charge in [0.05, 0.1) is 23.9 Å². The van der Waals surface area contributed by atoms with Crippen molar-refractivity contribution in [2.75, 3.05) is 13.7 Å². The van der Waals surface area contributed by atoms with Crippen LogP contribution >= 0.6 is 11.6 Å². The van der Waals surface area contributed by atoms with Gasteiger partial charge in [-0.25, -0.2) is 9.78 Å². The Bertz CT molecular complexity index is 1330. The number of hydrogen-bond donors (Lipinski definition) is 1. The van der Waals surface area contributed by atoms with E-state index >= 15 is 0 Å². The lowest BCUT2D eigenvalue weighted by atomic mass is 9.91. The lowest BCUT2D eigenvalue weighted by molar-refractivity contribution is 0.0601. The van der Waals surface area contributed by atoms with E-state index in [0.29, 0.717) is 23.4 Å². The monoisotopic (exact) mass is 475 g/mol. The molecule has 3 N–H and O–H groups in total. The first kappa shape index (κ1) is 25.1. The van der Waals surface area contributed by atoms with Crippen LogP contribution in [-0.2, 0) is 11.2 Å². The number of aliphatic hydroxyl groups is 1. The average Bonchev–Trinajstić information content (AvgIpc) is 2.85. The Hall–Kier alpha value is -3.51. The number of fused-ring (bicyclic) bond motifs is 1. The smallest absolute Gasteiger partial charge is 0.338 e. The minimum absolute atomic E-state index is 0. The Labute approximate surface area is 203 Å². The van der Waals surface area contributed by atoms with Crippen molar-refractivity contribution < 1.29 is 20.1 Å². The Kier molecular flexibility index (Phi) is 8.55. The van der Waals surface area contributed by atoms with E-state index in [4.69, 9.17) is 16.3 Å². The Morgan fingerprint density at radius 3 is 2.62 bits per heavy atom. The van der Waals surface area contributed by atoms with Crippen molar-refractivity contribution in [3.63, 3.8) is 0 Å². The molecule has 4 aromatic rings. The molecule has 0 fully saturated rings. The van der Waals surface area contributed by atoms with Crippen LogP contribution in [0.2, 0.25) is 5.02 Å². The second-order valence-corrected chi connectivity index (χ2v) is 8.13. The van der Waals surface area contributed by atoms with Gasteiger partial charge in [0.1, 0.15) is 0 Å². The van der Waals surface area contributed by atoms with Crippen LogP contribution in [0.25, 0.3) is 34.2 Å². The second kappa shape index (κ2) is 11.6. The number of hydrogen-bond acceptors (Lipinski definition) is 4. The van der Waals surface area contributed by atoms with Gasteiger partial charge >= 0.3 is 5.97 Å². The van der Waals surface area contributed by atoms with Crippen LogP contribution in [-0.4, -0.2) is 35.3 Å². The van der Waals surface area contributed by atoms with E-state index < -0.39 is 0 Å². The molecular formula is C28H26ClNO4. The predicted molar refractivity (Wildman–Crippen MR) is 138 cm³/mol. The summed E-state index contributed by atoms with van der Waals surface area (Å²) in [5, 5.41) is 11.0. The molecular weight excluding hydrogens is 450 g/mol. The molecule has 6 heteroatoms. The van der Waals surface area contributed by atoms with Gasteiger partial charge in [-0.3, -0.25) is 0 Å². The van der Waals surface area contributed by atoms with Crippen LogP contribution in [0.4, 0.5) is 0 Å². The number of nitrogens with zero attached hydrogens (tertiary/aromatic N) is 1. The largest absolute Gasteiger partial charge is 0.465 e. The van der Waals surface area contributed by atoms with Gasteiger partial charge in [0.25, 0.3) is 0 Å². The standard InChI is InChI=1S/C28H24ClNO3.H2O/c1-33-28(32)25-9-3-6-21(8-4-16-31)27(25)22-7-2-5-19(17-22)10-14-24-15-12-20-11-13-23(29)18-26(20)30-24;/h2-3,5-7,9-15,17-18,31H,4,8,16H2,1H3;1H2. The first-order chi connectivity index (χ1) is 16.1. The molecule has 0 aliphatic rings. The third-order valence-electron chi connectivity index (χ3n) is 5.46. The van der Waals surface area contributed by atoms with Gasteiger partial charge in [-0.1, -0.05) is 60.1 Å². The predicted octanol–water partition coefficient (Wildman–Crippen LogP) is 5.61. The van der Waals surface area contributed by atoms with Crippen molar-refractivity contribution in [2.45, 2.75) is 12.8 Å². The molecule has 1 heterocycles. The minimum Gasteiger partial charge on any atom is -0.465 e. The summed E-state index contributed by atoms with van der Waals surface area (Å²) in [6.07, 6.45) is 5.24. The molecule has 0 saturated heterocycles. The van der Waals surface area contributed by atoms with Crippen molar-refractivity contribution in [2.24, 2.45) is 0 Å². The molecule has 0 saturated carbocycles. The molecule has 4 rings (SSSR count). The van der Waals surface area contributed by atoms with Gasteiger partial charge in [-0.05, 0) is 71.5 Å². The molecule has 0 bridgehead atoms. The summed E-state index contributed by atoms with van der Waals surface area (Å²) in [6, 6.07) is 23.3. The number of benzene rings is 3. The van der Waals surface area contributed by atoms with Crippen molar-refractivity contribution >= 4 is 40.6 Å². The molecule has 1 aromatic heterocycles.